The number of likely N-dealkylation sites (N-methyl/N-ethyl adjacent to an activating group) is 1. The van der Waals surface area contributed by atoms with Crippen molar-refractivity contribution in [2.24, 2.45) is 0 Å². The summed E-state index contributed by atoms with van der Waals surface area (Å²) in [7, 11) is 0.400. The van der Waals surface area contributed by atoms with Gasteiger partial charge in [0.2, 0.25) is 0 Å². The van der Waals surface area contributed by atoms with Crippen molar-refractivity contribution in [3.05, 3.63) is 0 Å². The van der Waals surface area contributed by atoms with Crippen molar-refractivity contribution >= 4 is 7.82 Å². The fraction of sp³-hybridized carbons (Fsp3) is 1.00. The largest absolute Gasteiger partial charge is 0.472 e. The molecule has 0 aromatic rings. The Morgan fingerprint density at radius 3 is 1.50 bits per heavy atom. The zero-order valence-electron chi connectivity index (χ0n) is 20.7. The second-order valence-corrected chi connectivity index (χ2v) is 10.9. The minimum atomic E-state index is -3.91. The Hall–Kier alpha value is 0.0700. The van der Waals surface area contributed by atoms with Crippen molar-refractivity contribution in [3.63, 3.8) is 0 Å². The lowest BCUT2D eigenvalue weighted by molar-refractivity contribution is -0.890. The molecule has 0 saturated heterocycles. The Morgan fingerprint density at radius 1 is 0.600 bits per heavy atom. The fourth-order valence-corrected chi connectivity index (χ4v) is 4.39. The molecule has 0 aromatic carbocycles. The summed E-state index contributed by atoms with van der Waals surface area (Å²) in [6.07, 6.45) is 20.0. The second-order valence-electron chi connectivity index (χ2n) is 9.47. The van der Waals surface area contributed by atoms with Gasteiger partial charge in [-0.05, 0) is 19.3 Å². The third-order valence-electron chi connectivity index (χ3n) is 5.82. The van der Waals surface area contributed by atoms with Crippen LogP contribution in [-0.2, 0) is 13.6 Å². The SMILES string of the molecule is CCCCCCCCCCCCOP(=O)(O)OCC[N+](C)(C)CCCCCCCC. The molecular weight excluding hydrogens is 397 g/mol. The highest BCUT2D eigenvalue weighted by molar-refractivity contribution is 7.47. The first-order valence-corrected chi connectivity index (χ1v) is 14.3. The average Bonchev–Trinajstić information content (AvgIpc) is 2.68. The molecule has 0 rings (SSSR count). The van der Waals surface area contributed by atoms with Gasteiger partial charge in [-0.1, -0.05) is 97.3 Å². The van der Waals surface area contributed by atoms with Gasteiger partial charge in [0, 0.05) is 0 Å². The summed E-state index contributed by atoms with van der Waals surface area (Å²) in [5.41, 5.74) is 0. The summed E-state index contributed by atoms with van der Waals surface area (Å²) in [5, 5.41) is 0. The van der Waals surface area contributed by atoms with Crippen molar-refractivity contribution in [2.45, 2.75) is 117 Å². The van der Waals surface area contributed by atoms with Crippen molar-refractivity contribution < 1.29 is 23.0 Å². The molecular formula is C24H53NO4P+. The van der Waals surface area contributed by atoms with Crippen LogP contribution in [0.3, 0.4) is 0 Å². The number of phosphoric acid groups is 1. The molecule has 1 atom stereocenters. The number of hydrogen-bond acceptors (Lipinski definition) is 3. The summed E-state index contributed by atoms with van der Waals surface area (Å²) >= 11 is 0. The van der Waals surface area contributed by atoms with E-state index in [0.29, 0.717) is 6.61 Å². The van der Waals surface area contributed by atoms with Gasteiger partial charge in [0.15, 0.2) is 0 Å². The predicted octanol–water partition coefficient (Wildman–Crippen LogP) is 7.48. The molecule has 30 heavy (non-hydrogen) atoms. The molecule has 0 bridgehead atoms. The highest BCUT2D eigenvalue weighted by Crippen LogP contribution is 2.43. The Balaban J connectivity index is 3.62. The molecule has 0 amide bonds. The van der Waals surface area contributed by atoms with E-state index in [2.05, 4.69) is 27.9 Å². The summed E-state index contributed by atoms with van der Waals surface area (Å²) in [4.78, 5) is 9.86. The minimum absolute atomic E-state index is 0.259. The molecule has 182 valence electrons. The van der Waals surface area contributed by atoms with Gasteiger partial charge in [0.05, 0.1) is 27.2 Å². The maximum absolute atomic E-state index is 12.0. The van der Waals surface area contributed by atoms with Crippen molar-refractivity contribution in [1.29, 1.82) is 0 Å². The molecule has 0 aromatic heterocycles. The standard InChI is InChI=1S/C24H52NO4P/c1-5-7-9-11-13-14-15-16-18-20-23-28-30(26,27)29-24-22-25(3,4)21-19-17-12-10-8-6-2/h5-24H2,1-4H3/p+1. The topological polar surface area (TPSA) is 55.8 Å². The molecule has 0 aliphatic carbocycles. The molecule has 5 nitrogen and oxygen atoms in total. The van der Waals surface area contributed by atoms with Crippen molar-refractivity contribution in [2.75, 3.05) is 40.4 Å². The molecule has 1 N–H and O–H groups in total. The predicted molar refractivity (Wildman–Crippen MR) is 129 cm³/mol. The molecule has 0 heterocycles. The monoisotopic (exact) mass is 450 g/mol. The van der Waals surface area contributed by atoms with Crippen LogP contribution in [0.15, 0.2) is 0 Å². The van der Waals surface area contributed by atoms with Gasteiger partial charge < -0.3 is 9.38 Å². The second kappa shape index (κ2) is 19.7. The average molecular weight is 451 g/mol. The number of unbranched alkanes of at least 4 members (excludes halogenated alkanes) is 14. The van der Waals surface area contributed by atoms with Crippen LogP contribution in [0.4, 0.5) is 0 Å². The number of phosphoric ester groups is 1. The number of quaternary nitrogens is 1. The Morgan fingerprint density at radius 2 is 1.00 bits per heavy atom. The van der Waals surface area contributed by atoms with Gasteiger partial charge in [0.1, 0.15) is 13.2 Å². The first-order chi connectivity index (χ1) is 14.3. The number of nitrogens with zero attached hydrogens (tertiary/aromatic N) is 1. The van der Waals surface area contributed by atoms with Crippen LogP contribution in [0.2, 0.25) is 0 Å². The van der Waals surface area contributed by atoms with Crippen LogP contribution < -0.4 is 0 Å². The van der Waals surface area contributed by atoms with E-state index in [9.17, 15) is 9.46 Å². The van der Waals surface area contributed by atoms with E-state index in [1.807, 2.05) is 0 Å². The summed E-state index contributed by atoms with van der Waals surface area (Å²) in [6, 6.07) is 0. The Bertz CT molecular complexity index is 418. The van der Waals surface area contributed by atoms with Crippen LogP contribution in [0.5, 0.6) is 0 Å². The van der Waals surface area contributed by atoms with Crippen LogP contribution >= 0.6 is 7.82 Å². The zero-order valence-corrected chi connectivity index (χ0v) is 21.6. The van der Waals surface area contributed by atoms with Crippen molar-refractivity contribution in [3.8, 4) is 0 Å². The lowest BCUT2D eigenvalue weighted by atomic mass is 10.1. The third-order valence-corrected chi connectivity index (χ3v) is 6.84. The smallest absolute Gasteiger partial charge is 0.327 e. The fourth-order valence-electron chi connectivity index (χ4n) is 3.64. The molecule has 0 aliphatic rings. The van der Waals surface area contributed by atoms with Gasteiger partial charge in [-0.25, -0.2) is 4.57 Å². The zero-order chi connectivity index (χ0) is 22.6. The summed E-state index contributed by atoms with van der Waals surface area (Å²) in [6.45, 7) is 6.84. The number of hydrogen-bond donors (Lipinski definition) is 1. The van der Waals surface area contributed by atoms with Gasteiger partial charge in [-0.3, -0.25) is 9.05 Å². The van der Waals surface area contributed by atoms with Gasteiger partial charge in [-0.2, -0.15) is 0 Å². The van der Waals surface area contributed by atoms with E-state index in [4.69, 9.17) is 9.05 Å². The van der Waals surface area contributed by atoms with Gasteiger partial charge >= 0.3 is 7.82 Å². The lowest BCUT2D eigenvalue weighted by Crippen LogP contribution is -2.42. The van der Waals surface area contributed by atoms with Crippen LogP contribution in [-0.4, -0.2) is 49.8 Å². The third kappa shape index (κ3) is 21.3. The molecule has 0 fully saturated rings. The van der Waals surface area contributed by atoms with E-state index in [0.717, 1.165) is 30.4 Å². The molecule has 0 radical (unpaired) electrons. The highest BCUT2D eigenvalue weighted by Gasteiger charge is 2.23. The van der Waals surface area contributed by atoms with Crippen LogP contribution in [0.1, 0.15) is 117 Å². The number of rotatable bonds is 23. The van der Waals surface area contributed by atoms with Gasteiger partial charge in [-0.15, -0.1) is 0 Å². The Labute approximate surface area is 188 Å². The quantitative estimate of drug-likeness (QED) is 0.0996. The van der Waals surface area contributed by atoms with E-state index in [1.165, 1.54) is 89.9 Å². The summed E-state index contributed by atoms with van der Waals surface area (Å²) < 4.78 is 23.2. The Kier molecular flexibility index (Phi) is 19.8. The maximum Gasteiger partial charge on any atom is 0.472 e. The van der Waals surface area contributed by atoms with E-state index >= 15 is 0 Å². The molecule has 0 aliphatic heterocycles. The summed E-state index contributed by atoms with van der Waals surface area (Å²) in [5.74, 6) is 0. The van der Waals surface area contributed by atoms with Gasteiger partial charge in [0.25, 0.3) is 0 Å². The van der Waals surface area contributed by atoms with E-state index in [1.54, 1.807) is 0 Å². The lowest BCUT2D eigenvalue weighted by Gasteiger charge is -2.29. The molecule has 6 heteroatoms. The molecule has 0 spiro atoms. The van der Waals surface area contributed by atoms with Crippen LogP contribution in [0, 0.1) is 0 Å². The minimum Gasteiger partial charge on any atom is -0.327 e. The van der Waals surface area contributed by atoms with Crippen molar-refractivity contribution in [1.82, 2.24) is 0 Å². The van der Waals surface area contributed by atoms with E-state index < -0.39 is 7.82 Å². The van der Waals surface area contributed by atoms with E-state index in [-0.39, 0.29) is 6.61 Å². The highest BCUT2D eigenvalue weighted by atomic mass is 31.2. The molecule has 1 unspecified atom stereocenters. The molecule has 0 saturated carbocycles. The van der Waals surface area contributed by atoms with Crippen LogP contribution in [0.25, 0.3) is 0 Å². The normalized spacial score (nSPS) is 14.2. The first-order valence-electron chi connectivity index (χ1n) is 12.8. The maximum atomic E-state index is 12.0. The first kappa shape index (κ1) is 30.1.